The van der Waals surface area contributed by atoms with Crippen LogP contribution >= 0.6 is 0 Å². The van der Waals surface area contributed by atoms with E-state index < -0.39 is 0 Å². The van der Waals surface area contributed by atoms with E-state index in [4.69, 9.17) is 9.47 Å². The van der Waals surface area contributed by atoms with Crippen molar-refractivity contribution in [2.75, 3.05) is 27.3 Å². The molecule has 0 aromatic heterocycles. The first-order chi connectivity index (χ1) is 9.74. The van der Waals surface area contributed by atoms with Crippen molar-refractivity contribution in [2.24, 2.45) is 4.99 Å². The third-order valence-electron chi connectivity index (χ3n) is 2.75. The lowest BCUT2D eigenvalue weighted by atomic mass is 10.2. The molecule has 1 aromatic carbocycles. The molecule has 5 heteroatoms. The normalized spacial score (nSPS) is 11.1. The van der Waals surface area contributed by atoms with E-state index in [0.717, 1.165) is 36.0 Å². The quantitative estimate of drug-likeness (QED) is 0.593. The van der Waals surface area contributed by atoms with Gasteiger partial charge < -0.3 is 20.1 Å². The van der Waals surface area contributed by atoms with Crippen molar-refractivity contribution in [3.8, 4) is 11.5 Å². The summed E-state index contributed by atoms with van der Waals surface area (Å²) in [6, 6.07) is 5.93. The Hall–Kier alpha value is -1.91. The van der Waals surface area contributed by atoms with Gasteiger partial charge in [0.2, 0.25) is 0 Å². The third kappa shape index (κ3) is 4.99. The number of ether oxygens (including phenoxy) is 2. The summed E-state index contributed by atoms with van der Waals surface area (Å²) in [5.74, 6) is 2.33. The highest BCUT2D eigenvalue weighted by Gasteiger charge is 2.05. The van der Waals surface area contributed by atoms with Gasteiger partial charge in [-0.25, -0.2) is 0 Å². The van der Waals surface area contributed by atoms with Gasteiger partial charge in [-0.2, -0.15) is 0 Å². The van der Waals surface area contributed by atoms with Crippen LogP contribution in [0.3, 0.4) is 0 Å². The molecule has 0 atom stereocenters. The molecule has 2 N–H and O–H groups in total. The number of nitrogens with zero attached hydrogens (tertiary/aromatic N) is 1. The molecule has 0 amide bonds. The average molecular weight is 279 g/mol. The largest absolute Gasteiger partial charge is 0.493 e. The van der Waals surface area contributed by atoms with Crippen LogP contribution in [0.5, 0.6) is 11.5 Å². The smallest absolute Gasteiger partial charge is 0.191 e. The number of hydrogen-bond donors (Lipinski definition) is 2. The van der Waals surface area contributed by atoms with Gasteiger partial charge >= 0.3 is 0 Å². The maximum Gasteiger partial charge on any atom is 0.191 e. The second kappa shape index (κ2) is 9.07. The third-order valence-corrected chi connectivity index (χ3v) is 2.75. The highest BCUT2D eigenvalue weighted by atomic mass is 16.5. The molecule has 0 aliphatic rings. The Balaban J connectivity index is 2.64. The topological polar surface area (TPSA) is 54.9 Å². The Kier molecular flexibility index (Phi) is 7.32. The maximum atomic E-state index is 5.50. The van der Waals surface area contributed by atoms with Gasteiger partial charge in [0.25, 0.3) is 0 Å². The van der Waals surface area contributed by atoms with Crippen molar-refractivity contribution in [3.05, 3.63) is 23.8 Å². The number of nitrogens with one attached hydrogen (secondary N) is 2. The van der Waals surface area contributed by atoms with Crippen LogP contribution in [0.4, 0.5) is 0 Å². The monoisotopic (exact) mass is 279 g/mol. The van der Waals surface area contributed by atoms with Crippen molar-refractivity contribution in [1.82, 2.24) is 10.6 Å². The molecule has 0 fully saturated rings. The van der Waals surface area contributed by atoms with Gasteiger partial charge in [0.15, 0.2) is 17.5 Å². The summed E-state index contributed by atoms with van der Waals surface area (Å²) < 4.78 is 10.8. The zero-order valence-corrected chi connectivity index (χ0v) is 12.8. The Morgan fingerprint density at radius 3 is 2.60 bits per heavy atom. The lowest BCUT2D eigenvalue weighted by molar-refractivity contribution is 0.310. The summed E-state index contributed by atoms with van der Waals surface area (Å²) in [4.78, 5) is 4.17. The molecule has 0 aliphatic carbocycles. The lowest BCUT2D eigenvalue weighted by Crippen LogP contribution is -2.37. The molecule has 1 rings (SSSR count). The van der Waals surface area contributed by atoms with Gasteiger partial charge in [0, 0.05) is 20.1 Å². The zero-order valence-electron chi connectivity index (χ0n) is 12.8. The molecule has 0 saturated heterocycles. The summed E-state index contributed by atoms with van der Waals surface area (Å²) in [6.45, 7) is 6.30. The predicted molar refractivity (Wildman–Crippen MR) is 82.7 cm³/mol. The Morgan fingerprint density at radius 2 is 2.00 bits per heavy atom. The zero-order chi connectivity index (χ0) is 14.8. The Morgan fingerprint density at radius 1 is 1.20 bits per heavy atom. The van der Waals surface area contributed by atoms with Crippen LogP contribution in [0.1, 0.15) is 25.8 Å². The summed E-state index contributed by atoms with van der Waals surface area (Å²) >= 11 is 0. The van der Waals surface area contributed by atoms with E-state index in [-0.39, 0.29) is 0 Å². The van der Waals surface area contributed by atoms with Crippen molar-refractivity contribution in [2.45, 2.75) is 26.8 Å². The Bertz CT molecular complexity index is 433. The molecule has 0 saturated carbocycles. The molecule has 5 nitrogen and oxygen atoms in total. The van der Waals surface area contributed by atoms with Gasteiger partial charge in [-0.05, 0) is 31.0 Å². The van der Waals surface area contributed by atoms with Crippen LogP contribution in [0.25, 0.3) is 0 Å². The van der Waals surface area contributed by atoms with Crippen LogP contribution < -0.4 is 20.1 Å². The van der Waals surface area contributed by atoms with Crippen LogP contribution in [0, 0.1) is 0 Å². The fraction of sp³-hybridized carbons (Fsp3) is 0.533. The van der Waals surface area contributed by atoms with Crippen LogP contribution in [-0.2, 0) is 6.54 Å². The van der Waals surface area contributed by atoms with Gasteiger partial charge in [-0.3, -0.25) is 4.99 Å². The molecule has 0 bridgehead atoms. The van der Waals surface area contributed by atoms with Gasteiger partial charge in [0.05, 0.1) is 13.7 Å². The second-order valence-corrected chi connectivity index (χ2v) is 4.27. The first-order valence-electron chi connectivity index (χ1n) is 6.99. The van der Waals surface area contributed by atoms with Gasteiger partial charge in [-0.1, -0.05) is 13.0 Å². The molecular formula is C15H25N3O2. The molecular weight excluding hydrogens is 254 g/mol. The first kappa shape index (κ1) is 16.1. The van der Waals surface area contributed by atoms with E-state index in [9.17, 15) is 0 Å². The minimum Gasteiger partial charge on any atom is -0.493 e. The van der Waals surface area contributed by atoms with E-state index in [1.165, 1.54) is 0 Å². The molecule has 0 heterocycles. The predicted octanol–water partition coefficient (Wildman–Crippen LogP) is 2.17. The van der Waals surface area contributed by atoms with E-state index in [1.807, 2.05) is 25.1 Å². The van der Waals surface area contributed by atoms with Crippen molar-refractivity contribution < 1.29 is 9.47 Å². The number of methoxy groups -OCH3 is 1. The summed E-state index contributed by atoms with van der Waals surface area (Å²) in [5.41, 5.74) is 1.12. The minimum atomic E-state index is 0.627. The summed E-state index contributed by atoms with van der Waals surface area (Å²) in [6.07, 6.45) is 1.07. The number of benzene rings is 1. The number of rotatable bonds is 7. The standard InChI is InChI=1S/C15H25N3O2/c1-5-9-17-15(16-3)18-11-12-7-8-13(20-6-2)14(10-12)19-4/h7-8,10H,5-6,9,11H2,1-4H3,(H2,16,17,18). The number of hydrogen-bond acceptors (Lipinski definition) is 3. The van der Waals surface area contributed by atoms with Crippen LogP contribution in [-0.4, -0.2) is 33.3 Å². The lowest BCUT2D eigenvalue weighted by Gasteiger charge is -2.13. The molecule has 1 aromatic rings. The number of guanidine groups is 1. The molecule has 0 aliphatic heterocycles. The molecule has 20 heavy (non-hydrogen) atoms. The van der Waals surface area contributed by atoms with E-state index >= 15 is 0 Å². The first-order valence-corrected chi connectivity index (χ1v) is 6.99. The summed E-state index contributed by atoms with van der Waals surface area (Å²) in [7, 11) is 3.42. The fourth-order valence-corrected chi connectivity index (χ4v) is 1.75. The van der Waals surface area contributed by atoms with E-state index in [0.29, 0.717) is 13.2 Å². The SMILES string of the molecule is CCCNC(=NC)NCc1ccc(OCC)c(OC)c1. The van der Waals surface area contributed by atoms with E-state index in [2.05, 4.69) is 22.5 Å². The van der Waals surface area contributed by atoms with Gasteiger partial charge in [-0.15, -0.1) is 0 Å². The highest BCUT2D eigenvalue weighted by Crippen LogP contribution is 2.27. The van der Waals surface area contributed by atoms with Crippen molar-refractivity contribution in [1.29, 1.82) is 0 Å². The molecule has 0 unspecified atom stereocenters. The fourth-order valence-electron chi connectivity index (χ4n) is 1.75. The Labute approximate surface area is 121 Å². The van der Waals surface area contributed by atoms with Crippen LogP contribution in [0.2, 0.25) is 0 Å². The minimum absolute atomic E-state index is 0.627. The second-order valence-electron chi connectivity index (χ2n) is 4.27. The van der Waals surface area contributed by atoms with E-state index in [1.54, 1.807) is 14.2 Å². The van der Waals surface area contributed by atoms with Gasteiger partial charge in [0.1, 0.15) is 0 Å². The summed E-state index contributed by atoms with van der Waals surface area (Å²) in [5, 5.41) is 6.50. The molecule has 112 valence electrons. The average Bonchev–Trinajstić information content (AvgIpc) is 2.49. The molecule has 0 spiro atoms. The number of aliphatic imine (C=N–C) groups is 1. The highest BCUT2D eigenvalue weighted by molar-refractivity contribution is 5.79. The van der Waals surface area contributed by atoms with Crippen LogP contribution in [0.15, 0.2) is 23.2 Å². The van der Waals surface area contributed by atoms with Crippen molar-refractivity contribution >= 4 is 5.96 Å². The molecule has 0 radical (unpaired) electrons. The maximum absolute atomic E-state index is 5.50. The van der Waals surface area contributed by atoms with Crippen molar-refractivity contribution in [3.63, 3.8) is 0 Å².